The first-order chi connectivity index (χ1) is 8.08. The quantitative estimate of drug-likeness (QED) is 0.761. The Morgan fingerprint density at radius 3 is 2.35 bits per heavy atom. The van der Waals surface area contributed by atoms with Crippen LogP contribution in [0.25, 0.3) is 0 Å². The fraction of sp³-hybridized carbons (Fsp3) is 0.929. The normalized spacial score (nSPS) is 39.1. The first-order valence-corrected chi connectivity index (χ1v) is 7.14. The maximum absolute atomic E-state index is 12.5. The number of carbonyl (C=O) groups is 1. The van der Waals surface area contributed by atoms with Crippen LogP contribution in [0.15, 0.2) is 0 Å². The number of amides is 1. The fourth-order valence-corrected chi connectivity index (χ4v) is 3.28. The highest BCUT2D eigenvalue weighted by atomic mass is 16.2. The first-order valence-electron chi connectivity index (χ1n) is 7.14. The molecule has 0 aromatic heterocycles. The maximum atomic E-state index is 12.5. The molecule has 98 valence electrons. The van der Waals surface area contributed by atoms with Crippen LogP contribution in [-0.4, -0.2) is 29.4 Å². The highest BCUT2D eigenvalue weighted by Crippen LogP contribution is 2.31. The second kappa shape index (κ2) is 5.38. The molecule has 2 rings (SSSR count). The molecule has 2 fully saturated rings. The van der Waals surface area contributed by atoms with Crippen molar-refractivity contribution in [2.75, 3.05) is 6.54 Å². The van der Waals surface area contributed by atoms with Crippen molar-refractivity contribution in [3.8, 4) is 0 Å². The second-order valence-corrected chi connectivity index (χ2v) is 6.12. The largest absolute Gasteiger partial charge is 0.340 e. The number of nitrogens with zero attached hydrogens (tertiary/aromatic N) is 1. The molecule has 0 aromatic carbocycles. The van der Waals surface area contributed by atoms with E-state index in [-0.39, 0.29) is 0 Å². The molecular weight excluding hydrogens is 212 g/mol. The van der Waals surface area contributed by atoms with Gasteiger partial charge in [-0.15, -0.1) is 0 Å². The molecule has 2 aliphatic rings. The van der Waals surface area contributed by atoms with Gasteiger partial charge in [-0.1, -0.05) is 6.92 Å². The predicted molar refractivity (Wildman–Crippen MR) is 69.5 cm³/mol. The van der Waals surface area contributed by atoms with Crippen molar-refractivity contribution < 1.29 is 4.79 Å². The summed E-state index contributed by atoms with van der Waals surface area (Å²) in [6.07, 6.45) is 6.56. The van der Waals surface area contributed by atoms with Crippen molar-refractivity contribution in [1.29, 1.82) is 0 Å². The summed E-state index contributed by atoms with van der Waals surface area (Å²) in [6.45, 7) is 5.30. The molecule has 3 heteroatoms. The second-order valence-electron chi connectivity index (χ2n) is 6.12. The number of carbonyl (C=O) groups excluding carboxylic acids is 1. The Hall–Kier alpha value is -0.570. The highest BCUT2D eigenvalue weighted by Gasteiger charge is 2.32. The van der Waals surface area contributed by atoms with Crippen molar-refractivity contribution >= 4 is 5.91 Å². The molecule has 1 aliphatic carbocycles. The van der Waals surface area contributed by atoms with Gasteiger partial charge in [-0.25, -0.2) is 0 Å². The molecule has 1 saturated heterocycles. The average Bonchev–Trinajstić information content (AvgIpc) is 2.29. The molecular formula is C14H26N2O. The van der Waals surface area contributed by atoms with Gasteiger partial charge >= 0.3 is 0 Å². The van der Waals surface area contributed by atoms with Crippen LogP contribution in [0, 0.1) is 11.8 Å². The van der Waals surface area contributed by atoms with E-state index in [1.165, 1.54) is 12.8 Å². The van der Waals surface area contributed by atoms with Crippen LogP contribution >= 0.6 is 0 Å². The Bertz CT molecular complexity index is 271. The van der Waals surface area contributed by atoms with Crippen molar-refractivity contribution in [1.82, 2.24) is 4.90 Å². The zero-order chi connectivity index (χ0) is 12.4. The molecule has 3 nitrogen and oxygen atoms in total. The standard InChI is InChI=1S/C14H26N2O/c1-10-3-5-12(6-4-10)14(17)16-8-7-13(15)9-11(16)2/h10-13H,3-9,15H2,1-2H3. The van der Waals surface area contributed by atoms with Gasteiger partial charge in [0.15, 0.2) is 0 Å². The minimum atomic E-state index is 0.292. The summed E-state index contributed by atoms with van der Waals surface area (Å²) in [5.41, 5.74) is 5.95. The summed E-state index contributed by atoms with van der Waals surface area (Å²) < 4.78 is 0. The monoisotopic (exact) mass is 238 g/mol. The highest BCUT2D eigenvalue weighted by molar-refractivity contribution is 5.79. The van der Waals surface area contributed by atoms with Crippen LogP contribution in [0.2, 0.25) is 0 Å². The Morgan fingerprint density at radius 1 is 1.12 bits per heavy atom. The van der Waals surface area contributed by atoms with E-state index < -0.39 is 0 Å². The summed E-state index contributed by atoms with van der Waals surface area (Å²) in [4.78, 5) is 14.5. The van der Waals surface area contributed by atoms with Crippen molar-refractivity contribution in [2.24, 2.45) is 17.6 Å². The Labute approximate surface area is 105 Å². The number of piperidine rings is 1. The van der Waals surface area contributed by atoms with Crippen LogP contribution < -0.4 is 5.73 Å². The van der Waals surface area contributed by atoms with E-state index in [1.54, 1.807) is 0 Å². The van der Waals surface area contributed by atoms with Gasteiger partial charge in [-0.2, -0.15) is 0 Å². The molecule has 2 atom stereocenters. The van der Waals surface area contributed by atoms with Gasteiger partial charge < -0.3 is 10.6 Å². The number of likely N-dealkylation sites (tertiary alicyclic amines) is 1. The van der Waals surface area contributed by atoms with E-state index in [0.717, 1.165) is 38.1 Å². The molecule has 0 spiro atoms. The number of hydrogen-bond donors (Lipinski definition) is 1. The SMILES string of the molecule is CC1CCC(C(=O)N2CCC(N)CC2C)CC1. The third-order valence-corrected chi connectivity index (χ3v) is 4.56. The lowest BCUT2D eigenvalue weighted by atomic mass is 9.81. The van der Waals surface area contributed by atoms with Crippen LogP contribution in [0.4, 0.5) is 0 Å². The van der Waals surface area contributed by atoms with Crippen molar-refractivity contribution in [3.05, 3.63) is 0 Å². The maximum Gasteiger partial charge on any atom is 0.225 e. The van der Waals surface area contributed by atoms with E-state index in [1.807, 2.05) is 0 Å². The molecule has 1 amide bonds. The lowest BCUT2D eigenvalue weighted by Crippen LogP contribution is -2.50. The summed E-state index contributed by atoms with van der Waals surface area (Å²) in [5, 5.41) is 0. The summed E-state index contributed by atoms with van der Waals surface area (Å²) >= 11 is 0. The van der Waals surface area contributed by atoms with Crippen molar-refractivity contribution in [3.63, 3.8) is 0 Å². The van der Waals surface area contributed by atoms with Gasteiger partial charge in [0, 0.05) is 24.5 Å². The lowest BCUT2D eigenvalue weighted by molar-refractivity contribution is -0.140. The molecule has 2 unspecified atom stereocenters. The van der Waals surface area contributed by atoms with Gasteiger partial charge in [0.05, 0.1) is 0 Å². The van der Waals surface area contributed by atoms with Crippen molar-refractivity contribution in [2.45, 2.75) is 64.5 Å². The Morgan fingerprint density at radius 2 is 1.76 bits per heavy atom. The Balaban J connectivity index is 1.91. The minimum Gasteiger partial charge on any atom is -0.340 e. The molecule has 17 heavy (non-hydrogen) atoms. The van der Waals surface area contributed by atoms with Crippen LogP contribution in [0.3, 0.4) is 0 Å². The molecule has 0 bridgehead atoms. The van der Waals surface area contributed by atoms with E-state index in [4.69, 9.17) is 5.73 Å². The van der Waals surface area contributed by atoms with Crippen LogP contribution in [0.1, 0.15) is 52.4 Å². The predicted octanol–water partition coefficient (Wildman–Crippen LogP) is 2.15. The van der Waals surface area contributed by atoms with E-state index in [0.29, 0.717) is 23.9 Å². The average molecular weight is 238 g/mol. The first kappa shape index (κ1) is 12.9. The third kappa shape index (κ3) is 3.01. The van der Waals surface area contributed by atoms with E-state index in [9.17, 15) is 4.79 Å². The molecule has 1 aliphatic heterocycles. The summed E-state index contributed by atoms with van der Waals surface area (Å²) in [5.74, 6) is 1.51. The fourth-order valence-electron chi connectivity index (χ4n) is 3.28. The zero-order valence-electron chi connectivity index (χ0n) is 11.2. The van der Waals surface area contributed by atoms with Gasteiger partial charge in [0.25, 0.3) is 0 Å². The molecule has 1 heterocycles. The minimum absolute atomic E-state index is 0.292. The number of nitrogens with two attached hydrogens (primary N) is 1. The Kier molecular flexibility index (Phi) is 4.08. The topological polar surface area (TPSA) is 46.3 Å². The molecule has 0 aromatic rings. The molecule has 0 radical (unpaired) electrons. The number of hydrogen-bond acceptors (Lipinski definition) is 2. The zero-order valence-corrected chi connectivity index (χ0v) is 11.2. The van der Waals surface area contributed by atoms with E-state index in [2.05, 4.69) is 18.7 Å². The van der Waals surface area contributed by atoms with E-state index >= 15 is 0 Å². The van der Waals surface area contributed by atoms with Gasteiger partial charge in [-0.3, -0.25) is 4.79 Å². The van der Waals surface area contributed by atoms with Crippen LogP contribution in [0.5, 0.6) is 0 Å². The van der Waals surface area contributed by atoms with Gasteiger partial charge in [0.1, 0.15) is 0 Å². The summed E-state index contributed by atoms with van der Waals surface area (Å²) in [7, 11) is 0. The smallest absolute Gasteiger partial charge is 0.225 e. The lowest BCUT2D eigenvalue weighted by Gasteiger charge is -2.39. The molecule has 2 N–H and O–H groups in total. The summed E-state index contributed by atoms with van der Waals surface area (Å²) in [6, 6.07) is 0.631. The third-order valence-electron chi connectivity index (χ3n) is 4.56. The van der Waals surface area contributed by atoms with Gasteiger partial charge in [0.2, 0.25) is 5.91 Å². The van der Waals surface area contributed by atoms with Gasteiger partial charge in [-0.05, 0) is 51.4 Å². The van der Waals surface area contributed by atoms with Crippen LogP contribution in [-0.2, 0) is 4.79 Å². The molecule has 1 saturated carbocycles. The number of rotatable bonds is 1.